The quantitative estimate of drug-likeness (QED) is 0.594. The van der Waals surface area contributed by atoms with Crippen LogP contribution in [0.2, 0.25) is 0 Å². The van der Waals surface area contributed by atoms with E-state index in [-0.39, 0.29) is 6.42 Å². The van der Waals surface area contributed by atoms with E-state index in [0.717, 1.165) is 0 Å². The number of nitrogens with one attached hydrogen (secondary N) is 2. The Morgan fingerprint density at radius 2 is 2.00 bits per heavy atom. The van der Waals surface area contributed by atoms with Crippen LogP contribution in [0.3, 0.4) is 0 Å². The molecule has 0 saturated carbocycles. The number of thioether (sulfide) groups is 1. The van der Waals surface area contributed by atoms with Crippen LogP contribution in [0.5, 0.6) is 0 Å². The summed E-state index contributed by atoms with van der Waals surface area (Å²) in [4.78, 5) is 10.7. The van der Waals surface area contributed by atoms with Gasteiger partial charge >= 0.3 is 12.1 Å². The zero-order valence-corrected chi connectivity index (χ0v) is 11.0. The molecule has 6 nitrogen and oxygen atoms in total. The van der Waals surface area contributed by atoms with Gasteiger partial charge in [0.25, 0.3) is 10.2 Å². The van der Waals surface area contributed by atoms with E-state index in [2.05, 4.69) is 0 Å². The van der Waals surface area contributed by atoms with Crippen molar-refractivity contribution in [2.45, 2.75) is 18.6 Å². The van der Waals surface area contributed by atoms with Crippen LogP contribution in [0.1, 0.15) is 6.42 Å². The lowest BCUT2D eigenvalue weighted by atomic mass is 10.2. The van der Waals surface area contributed by atoms with Crippen LogP contribution in [0, 0.1) is 0 Å². The zero-order chi connectivity index (χ0) is 14.4. The molecule has 1 atom stereocenters. The molecule has 11 heteroatoms. The molecule has 0 heterocycles. The van der Waals surface area contributed by atoms with Crippen molar-refractivity contribution in [2.24, 2.45) is 0 Å². The fraction of sp³-hybridized carbons (Fsp3) is 0.857. The summed E-state index contributed by atoms with van der Waals surface area (Å²) in [5.41, 5.74) is 0. The highest BCUT2D eigenvalue weighted by Crippen LogP contribution is 2.12. The van der Waals surface area contributed by atoms with E-state index in [9.17, 15) is 26.4 Å². The maximum Gasteiger partial charge on any atom is 0.402 e. The molecule has 0 aromatic rings. The summed E-state index contributed by atoms with van der Waals surface area (Å²) in [6.07, 6.45) is -3.04. The normalized spacial score (nSPS) is 14.4. The third-order valence-corrected chi connectivity index (χ3v) is 3.43. The van der Waals surface area contributed by atoms with Crippen LogP contribution >= 0.6 is 11.8 Å². The molecule has 0 amide bonds. The lowest BCUT2D eigenvalue weighted by Crippen LogP contribution is -2.48. The number of rotatable bonds is 8. The second-order valence-electron chi connectivity index (χ2n) is 3.23. The molecule has 0 aliphatic carbocycles. The van der Waals surface area contributed by atoms with E-state index in [0.29, 0.717) is 5.75 Å². The van der Waals surface area contributed by atoms with Gasteiger partial charge in [-0.1, -0.05) is 0 Å². The largest absolute Gasteiger partial charge is 0.480 e. The Bertz CT molecular complexity index is 371. The average Bonchev–Trinajstić information content (AvgIpc) is 2.20. The van der Waals surface area contributed by atoms with Crippen molar-refractivity contribution in [3.05, 3.63) is 0 Å². The highest BCUT2D eigenvalue weighted by atomic mass is 32.2. The van der Waals surface area contributed by atoms with E-state index < -0.39 is 34.9 Å². The number of hydrogen-bond donors (Lipinski definition) is 3. The number of carboxylic acid groups (broad SMARTS) is 1. The van der Waals surface area contributed by atoms with Crippen molar-refractivity contribution in [3.8, 4) is 0 Å². The summed E-state index contributed by atoms with van der Waals surface area (Å²) in [6, 6.07) is -1.46. The summed E-state index contributed by atoms with van der Waals surface area (Å²) in [5, 5.41) is 8.71. The minimum absolute atomic E-state index is 0.0244. The standard InChI is InChI=1S/C7H13F3N2O4S2/c1-17-3-2-5(6(13)14)12-18(15,16)11-4-7(8,9)10/h5,11-12H,2-4H2,1H3,(H,13,14)/t5-/m1/s1. The van der Waals surface area contributed by atoms with Gasteiger partial charge in [0.1, 0.15) is 12.6 Å². The number of hydrogen-bond acceptors (Lipinski definition) is 4. The summed E-state index contributed by atoms with van der Waals surface area (Å²) in [5.74, 6) is -1.08. The van der Waals surface area contributed by atoms with Gasteiger partial charge in [-0.3, -0.25) is 4.79 Å². The molecule has 0 aromatic carbocycles. The van der Waals surface area contributed by atoms with Crippen LogP contribution in [0.4, 0.5) is 13.2 Å². The van der Waals surface area contributed by atoms with Crippen LogP contribution in [-0.2, 0) is 15.0 Å². The van der Waals surface area contributed by atoms with Crippen LogP contribution < -0.4 is 9.44 Å². The van der Waals surface area contributed by atoms with Gasteiger partial charge < -0.3 is 5.11 Å². The molecule has 0 aliphatic heterocycles. The molecule has 0 rings (SSSR count). The van der Waals surface area contributed by atoms with Crippen molar-refractivity contribution in [1.29, 1.82) is 0 Å². The fourth-order valence-electron chi connectivity index (χ4n) is 0.874. The van der Waals surface area contributed by atoms with Gasteiger partial charge in [-0.25, -0.2) is 0 Å². The summed E-state index contributed by atoms with van der Waals surface area (Å²) < 4.78 is 60.6. The lowest BCUT2D eigenvalue weighted by molar-refractivity contribution is -0.139. The molecule has 0 aromatic heterocycles. The smallest absolute Gasteiger partial charge is 0.402 e. The fourth-order valence-corrected chi connectivity index (χ4v) is 2.38. The van der Waals surface area contributed by atoms with Crippen LogP contribution in [0.25, 0.3) is 0 Å². The third-order valence-electron chi connectivity index (χ3n) is 1.67. The Kier molecular flexibility index (Phi) is 6.96. The van der Waals surface area contributed by atoms with Gasteiger partial charge in [-0.05, 0) is 18.4 Å². The van der Waals surface area contributed by atoms with E-state index in [1.807, 2.05) is 0 Å². The molecule has 108 valence electrons. The summed E-state index contributed by atoms with van der Waals surface area (Å²) in [6.45, 7) is -1.75. The van der Waals surface area contributed by atoms with E-state index in [1.54, 1.807) is 11.0 Å². The Balaban J connectivity index is 4.47. The number of alkyl halides is 3. The molecule has 0 unspecified atom stereocenters. The molecular formula is C7H13F3N2O4S2. The number of aliphatic carboxylic acids is 1. The maximum absolute atomic E-state index is 11.8. The minimum atomic E-state index is -4.70. The van der Waals surface area contributed by atoms with Gasteiger partial charge in [0.2, 0.25) is 0 Å². The van der Waals surface area contributed by atoms with Crippen molar-refractivity contribution >= 4 is 27.9 Å². The predicted octanol–water partition coefficient (Wildman–Crippen LogP) is 0.179. The molecule has 0 fully saturated rings. The monoisotopic (exact) mass is 310 g/mol. The molecule has 0 aliphatic rings. The first-order chi connectivity index (χ1) is 8.07. The molecule has 0 spiro atoms. The third kappa shape index (κ3) is 8.55. The van der Waals surface area contributed by atoms with Crippen molar-refractivity contribution < 1.29 is 31.5 Å². The first-order valence-electron chi connectivity index (χ1n) is 4.63. The SMILES string of the molecule is CSCC[C@@H](NS(=O)(=O)NCC(F)(F)F)C(=O)O. The Morgan fingerprint density at radius 1 is 1.44 bits per heavy atom. The van der Waals surface area contributed by atoms with Crippen molar-refractivity contribution in [3.63, 3.8) is 0 Å². The van der Waals surface area contributed by atoms with Crippen LogP contribution in [0.15, 0.2) is 0 Å². The highest BCUT2D eigenvalue weighted by Gasteiger charge is 2.31. The second-order valence-corrected chi connectivity index (χ2v) is 5.75. The Labute approximate surface area is 107 Å². The van der Waals surface area contributed by atoms with Gasteiger partial charge in [0.15, 0.2) is 0 Å². The molecule has 3 N–H and O–H groups in total. The molecule has 18 heavy (non-hydrogen) atoms. The van der Waals surface area contributed by atoms with Crippen molar-refractivity contribution in [2.75, 3.05) is 18.6 Å². The van der Waals surface area contributed by atoms with Gasteiger partial charge in [-0.2, -0.15) is 42.8 Å². The molecule has 0 bridgehead atoms. The maximum atomic E-state index is 11.8. The van der Waals surface area contributed by atoms with E-state index in [1.165, 1.54) is 16.5 Å². The lowest BCUT2D eigenvalue weighted by Gasteiger charge is -2.15. The van der Waals surface area contributed by atoms with Crippen molar-refractivity contribution in [1.82, 2.24) is 9.44 Å². The predicted molar refractivity (Wildman–Crippen MR) is 60.5 cm³/mol. The molecule has 0 saturated heterocycles. The van der Waals surface area contributed by atoms with Crippen LogP contribution in [-0.4, -0.2) is 50.3 Å². The number of halogens is 3. The average molecular weight is 310 g/mol. The Morgan fingerprint density at radius 3 is 2.39 bits per heavy atom. The summed E-state index contributed by atoms with van der Waals surface area (Å²) in [7, 11) is -4.50. The molecule has 0 radical (unpaired) electrons. The number of carboxylic acids is 1. The van der Waals surface area contributed by atoms with E-state index >= 15 is 0 Å². The highest BCUT2D eigenvalue weighted by molar-refractivity contribution is 7.98. The van der Waals surface area contributed by atoms with Gasteiger partial charge in [-0.15, -0.1) is 0 Å². The first-order valence-corrected chi connectivity index (χ1v) is 7.50. The van der Waals surface area contributed by atoms with E-state index in [4.69, 9.17) is 5.11 Å². The van der Waals surface area contributed by atoms with Gasteiger partial charge in [0, 0.05) is 0 Å². The number of carbonyl (C=O) groups is 1. The minimum Gasteiger partial charge on any atom is -0.480 e. The Hall–Kier alpha value is -0.520. The van der Waals surface area contributed by atoms with Gasteiger partial charge in [0.05, 0.1) is 0 Å². The summed E-state index contributed by atoms with van der Waals surface area (Å²) >= 11 is 1.29. The molecular weight excluding hydrogens is 297 g/mol. The zero-order valence-electron chi connectivity index (χ0n) is 9.32. The first kappa shape index (κ1) is 17.5. The second kappa shape index (κ2) is 7.16. The topological polar surface area (TPSA) is 95.5 Å².